The number of nitrogens with one attached hydrogen (secondary N) is 1. The zero-order chi connectivity index (χ0) is 16.8. The van der Waals surface area contributed by atoms with Gasteiger partial charge in [0.15, 0.2) is 0 Å². The second kappa shape index (κ2) is 8.03. The minimum absolute atomic E-state index is 0.0126. The first-order chi connectivity index (χ1) is 11.0. The van der Waals surface area contributed by atoms with Crippen LogP contribution in [0.4, 0.5) is 14.5 Å². The molecule has 0 aliphatic carbocycles. The van der Waals surface area contributed by atoms with Gasteiger partial charge in [-0.1, -0.05) is 11.6 Å². The fraction of sp³-hybridized carbons (Fsp3) is 0.333. The zero-order valence-electron chi connectivity index (χ0n) is 12.3. The summed E-state index contributed by atoms with van der Waals surface area (Å²) >= 11 is 5.92. The maximum absolute atomic E-state index is 12.2. The number of pyridine rings is 2. The van der Waals surface area contributed by atoms with E-state index in [4.69, 9.17) is 16.7 Å². The van der Waals surface area contributed by atoms with Crippen LogP contribution in [-0.4, -0.2) is 34.3 Å². The zero-order valence-corrected chi connectivity index (χ0v) is 13.1. The highest BCUT2D eigenvalue weighted by atomic mass is 35.5. The van der Waals surface area contributed by atoms with Crippen LogP contribution in [-0.2, 0) is 0 Å². The molecule has 2 aromatic heterocycles. The number of aromatic nitrogens is 2. The predicted molar refractivity (Wildman–Crippen MR) is 83.9 cm³/mol. The Labute approximate surface area is 137 Å². The van der Waals surface area contributed by atoms with Crippen LogP contribution in [0.1, 0.15) is 13.3 Å². The third-order valence-electron chi connectivity index (χ3n) is 3.07. The van der Waals surface area contributed by atoms with Crippen molar-refractivity contribution in [2.24, 2.45) is 0 Å². The first-order valence-corrected chi connectivity index (χ1v) is 7.31. The van der Waals surface area contributed by atoms with Crippen molar-refractivity contribution >= 4 is 17.3 Å². The molecule has 0 aromatic carbocycles. The molecule has 2 N–H and O–H groups in total. The smallest absolute Gasteiger partial charge is 0.387 e. The van der Waals surface area contributed by atoms with Crippen molar-refractivity contribution in [3.05, 3.63) is 35.7 Å². The van der Waals surface area contributed by atoms with Gasteiger partial charge in [-0.05, 0) is 31.5 Å². The van der Waals surface area contributed by atoms with Gasteiger partial charge in [0.25, 0.3) is 0 Å². The van der Waals surface area contributed by atoms with Gasteiger partial charge >= 0.3 is 6.61 Å². The van der Waals surface area contributed by atoms with E-state index >= 15 is 0 Å². The number of nitrogens with zero attached hydrogens (tertiary/aromatic N) is 2. The molecule has 0 aliphatic heterocycles. The molecule has 0 bridgehead atoms. The summed E-state index contributed by atoms with van der Waals surface area (Å²) in [7, 11) is 0. The number of hydrogen-bond donors (Lipinski definition) is 2. The third-order valence-corrected chi connectivity index (χ3v) is 3.28. The highest BCUT2D eigenvalue weighted by Crippen LogP contribution is 2.29. The molecule has 0 amide bonds. The molecule has 8 heteroatoms. The summed E-state index contributed by atoms with van der Waals surface area (Å²) in [5.41, 5.74) is 1.90. The number of aliphatic hydroxyl groups excluding tert-OH is 1. The molecule has 0 spiro atoms. The number of rotatable bonds is 7. The van der Waals surface area contributed by atoms with Gasteiger partial charge < -0.3 is 15.2 Å². The Morgan fingerprint density at radius 3 is 2.70 bits per heavy atom. The van der Waals surface area contributed by atoms with E-state index in [9.17, 15) is 8.78 Å². The Balaban J connectivity index is 2.27. The average Bonchev–Trinajstić information content (AvgIpc) is 2.48. The van der Waals surface area contributed by atoms with Crippen molar-refractivity contribution in [1.82, 2.24) is 9.97 Å². The van der Waals surface area contributed by atoms with E-state index < -0.39 is 6.61 Å². The minimum Gasteiger partial charge on any atom is -0.433 e. The van der Waals surface area contributed by atoms with Crippen LogP contribution in [0, 0.1) is 0 Å². The topological polar surface area (TPSA) is 67.3 Å². The van der Waals surface area contributed by atoms with Gasteiger partial charge in [-0.3, -0.25) is 4.98 Å². The van der Waals surface area contributed by atoms with Crippen molar-refractivity contribution in [2.45, 2.75) is 26.0 Å². The van der Waals surface area contributed by atoms with Crippen LogP contribution in [0.3, 0.4) is 0 Å². The SMILES string of the molecule is C[C@@H](CCO)Nc1cc(Cl)ncc1-c1ccc(OC(F)F)cn1. The Hall–Kier alpha value is -1.99. The third kappa shape index (κ3) is 5.01. The second-order valence-electron chi connectivity index (χ2n) is 4.87. The minimum atomic E-state index is -2.89. The molecule has 0 radical (unpaired) electrons. The van der Waals surface area contributed by atoms with Gasteiger partial charge in [0.05, 0.1) is 11.9 Å². The lowest BCUT2D eigenvalue weighted by atomic mass is 10.1. The van der Waals surface area contributed by atoms with Crippen LogP contribution >= 0.6 is 11.6 Å². The Morgan fingerprint density at radius 2 is 2.09 bits per heavy atom. The molecule has 0 saturated carbocycles. The second-order valence-corrected chi connectivity index (χ2v) is 5.26. The summed E-state index contributed by atoms with van der Waals surface area (Å²) in [5, 5.41) is 12.5. The molecule has 2 rings (SSSR count). The van der Waals surface area contributed by atoms with Crippen LogP contribution in [0.5, 0.6) is 5.75 Å². The van der Waals surface area contributed by atoms with Gasteiger partial charge in [-0.15, -0.1) is 0 Å². The van der Waals surface area contributed by atoms with Crippen LogP contribution in [0.15, 0.2) is 30.6 Å². The maximum atomic E-state index is 12.2. The van der Waals surface area contributed by atoms with Crippen molar-refractivity contribution in [2.75, 3.05) is 11.9 Å². The van der Waals surface area contributed by atoms with E-state index in [-0.39, 0.29) is 18.4 Å². The number of aliphatic hydroxyl groups is 1. The van der Waals surface area contributed by atoms with Crippen molar-refractivity contribution in [3.63, 3.8) is 0 Å². The summed E-state index contributed by atoms with van der Waals surface area (Å²) in [5.74, 6) is -0.0196. The molecule has 1 atom stereocenters. The normalized spacial score (nSPS) is 12.3. The molecule has 5 nitrogen and oxygen atoms in total. The summed E-state index contributed by atoms with van der Waals surface area (Å²) in [4.78, 5) is 8.14. The van der Waals surface area contributed by atoms with E-state index in [1.165, 1.54) is 12.3 Å². The Morgan fingerprint density at radius 1 is 1.30 bits per heavy atom. The number of anilines is 1. The van der Waals surface area contributed by atoms with Crippen LogP contribution in [0.25, 0.3) is 11.3 Å². The molecule has 23 heavy (non-hydrogen) atoms. The Bertz CT molecular complexity index is 641. The number of hydrogen-bond acceptors (Lipinski definition) is 5. The van der Waals surface area contributed by atoms with E-state index in [1.807, 2.05) is 6.92 Å². The lowest BCUT2D eigenvalue weighted by Gasteiger charge is -2.17. The lowest BCUT2D eigenvalue weighted by Crippen LogP contribution is -2.17. The first kappa shape index (κ1) is 17.4. The van der Waals surface area contributed by atoms with Crippen LogP contribution in [0.2, 0.25) is 5.15 Å². The average molecular weight is 344 g/mol. The molecule has 0 fully saturated rings. The van der Waals surface area contributed by atoms with E-state index in [2.05, 4.69) is 20.0 Å². The fourth-order valence-electron chi connectivity index (χ4n) is 2.00. The molecule has 124 valence electrons. The molecular weight excluding hydrogens is 328 g/mol. The standard InChI is InChI=1S/C15H16ClF2N3O2/c1-9(4-5-22)21-13-6-14(16)20-8-11(13)12-3-2-10(7-19-12)23-15(17)18/h2-3,6-9,15,22H,4-5H2,1H3,(H,20,21)/t9-/m0/s1. The van der Waals surface area contributed by atoms with Gasteiger partial charge in [-0.25, -0.2) is 4.98 Å². The molecule has 2 heterocycles. The predicted octanol–water partition coefficient (Wildman–Crippen LogP) is 3.58. The lowest BCUT2D eigenvalue weighted by molar-refractivity contribution is -0.0500. The highest BCUT2D eigenvalue weighted by Gasteiger charge is 2.12. The highest BCUT2D eigenvalue weighted by molar-refractivity contribution is 6.29. The number of ether oxygens (including phenoxy) is 1. The van der Waals surface area contributed by atoms with Gasteiger partial charge in [-0.2, -0.15) is 8.78 Å². The summed E-state index contributed by atoms with van der Waals surface area (Å²) in [6, 6.07) is 4.63. The molecular formula is C15H16ClF2N3O2. The van der Waals surface area contributed by atoms with E-state index in [0.717, 1.165) is 0 Å². The molecule has 0 unspecified atom stereocenters. The Kier molecular flexibility index (Phi) is 6.06. The van der Waals surface area contributed by atoms with Gasteiger partial charge in [0.1, 0.15) is 10.9 Å². The largest absolute Gasteiger partial charge is 0.433 e. The van der Waals surface area contributed by atoms with E-state index in [1.54, 1.807) is 18.3 Å². The number of halogens is 3. The van der Waals surface area contributed by atoms with Crippen molar-refractivity contribution in [3.8, 4) is 17.0 Å². The first-order valence-electron chi connectivity index (χ1n) is 6.93. The number of alkyl halides is 2. The maximum Gasteiger partial charge on any atom is 0.387 e. The molecule has 0 saturated heterocycles. The molecule has 2 aromatic rings. The molecule has 0 aliphatic rings. The van der Waals surface area contributed by atoms with Crippen molar-refractivity contribution < 1.29 is 18.6 Å². The summed E-state index contributed by atoms with van der Waals surface area (Å²) in [6.07, 6.45) is 3.33. The fourth-order valence-corrected chi connectivity index (χ4v) is 2.15. The van der Waals surface area contributed by atoms with Gasteiger partial charge in [0, 0.05) is 30.1 Å². The monoisotopic (exact) mass is 343 g/mol. The summed E-state index contributed by atoms with van der Waals surface area (Å²) < 4.78 is 28.6. The van der Waals surface area contributed by atoms with Crippen molar-refractivity contribution in [1.29, 1.82) is 0 Å². The quantitative estimate of drug-likeness (QED) is 0.752. The summed E-state index contributed by atoms with van der Waals surface area (Å²) in [6.45, 7) is -0.918. The van der Waals surface area contributed by atoms with Gasteiger partial charge in [0.2, 0.25) is 0 Å². The van der Waals surface area contributed by atoms with E-state index in [0.29, 0.717) is 28.5 Å². The van der Waals surface area contributed by atoms with Crippen LogP contribution < -0.4 is 10.1 Å².